The Morgan fingerprint density at radius 2 is 2.12 bits per heavy atom. The molecule has 0 aromatic carbocycles. The Morgan fingerprint density at radius 1 is 1.35 bits per heavy atom. The van der Waals surface area contributed by atoms with Gasteiger partial charge in [0, 0.05) is 18.3 Å². The summed E-state index contributed by atoms with van der Waals surface area (Å²) >= 11 is 0. The molecule has 1 aliphatic carbocycles. The Bertz CT molecular complexity index is 412. The van der Waals surface area contributed by atoms with Crippen molar-refractivity contribution in [3.8, 4) is 0 Å². The van der Waals surface area contributed by atoms with Gasteiger partial charge in [-0.15, -0.1) is 0 Å². The summed E-state index contributed by atoms with van der Waals surface area (Å²) < 4.78 is 0. The Balaban J connectivity index is 2.17. The van der Waals surface area contributed by atoms with Gasteiger partial charge in [-0.2, -0.15) is 4.99 Å². The van der Waals surface area contributed by atoms with E-state index in [9.17, 15) is 4.79 Å². The van der Waals surface area contributed by atoms with Crippen molar-refractivity contribution >= 4 is 6.08 Å². The van der Waals surface area contributed by atoms with Crippen molar-refractivity contribution in [3.63, 3.8) is 0 Å². The van der Waals surface area contributed by atoms with Crippen LogP contribution in [0.15, 0.2) is 23.3 Å². The van der Waals surface area contributed by atoms with Gasteiger partial charge in [-0.1, -0.05) is 25.3 Å². The van der Waals surface area contributed by atoms with E-state index in [1.165, 1.54) is 6.42 Å². The van der Waals surface area contributed by atoms with Crippen molar-refractivity contribution in [1.29, 1.82) is 0 Å². The molecule has 90 valence electrons. The maximum absolute atomic E-state index is 10.6. The van der Waals surface area contributed by atoms with Crippen molar-refractivity contribution in [1.82, 2.24) is 4.98 Å². The van der Waals surface area contributed by atoms with E-state index < -0.39 is 0 Å². The molecule has 0 radical (unpaired) electrons. The zero-order valence-electron chi connectivity index (χ0n) is 10.3. The van der Waals surface area contributed by atoms with Gasteiger partial charge in [0.15, 0.2) is 0 Å². The largest absolute Gasteiger partial charge is 0.261 e. The fraction of sp³-hybridized carbons (Fsp3) is 0.571. The number of aliphatic imine (C=N–C) groups is 1. The van der Waals surface area contributed by atoms with E-state index in [2.05, 4.69) is 16.0 Å². The van der Waals surface area contributed by atoms with E-state index in [-0.39, 0.29) is 5.54 Å². The molecule has 0 unspecified atom stereocenters. The fourth-order valence-electron chi connectivity index (χ4n) is 2.57. The van der Waals surface area contributed by atoms with Crippen LogP contribution < -0.4 is 0 Å². The van der Waals surface area contributed by atoms with Gasteiger partial charge < -0.3 is 0 Å². The first-order valence-corrected chi connectivity index (χ1v) is 6.25. The number of pyridine rings is 1. The maximum atomic E-state index is 10.6. The van der Waals surface area contributed by atoms with Gasteiger partial charge in [0.2, 0.25) is 6.08 Å². The molecule has 3 nitrogen and oxygen atoms in total. The zero-order valence-corrected chi connectivity index (χ0v) is 10.3. The molecule has 1 heterocycles. The molecule has 1 fully saturated rings. The third-order valence-corrected chi connectivity index (χ3v) is 3.55. The smallest absolute Gasteiger partial charge is 0.235 e. The minimum atomic E-state index is -0.234. The molecule has 1 aromatic heterocycles. The summed E-state index contributed by atoms with van der Waals surface area (Å²) in [6.45, 7) is 2.02. The Labute approximate surface area is 102 Å². The second-order valence-electron chi connectivity index (χ2n) is 4.99. The molecule has 1 saturated carbocycles. The van der Waals surface area contributed by atoms with Crippen molar-refractivity contribution in [2.75, 3.05) is 0 Å². The molecule has 1 aliphatic rings. The molecule has 0 spiro atoms. The molecule has 17 heavy (non-hydrogen) atoms. The molecule has 2 rings (SSSR count). The van der Waals surface area contributed by atoms with E-state index in [1.54, 1.807) is 6.08 Å². The first-order chi connectivity index (χ1) is 8.24. The summed E-state index contributed by atoms with van der Waals surface area (Å²) in [7, 11) is 0. The number of aromatic nitrogens is 1. The summed E-state index contributed by atoms with van der Waals surface area (Å²) in [5.74, 6) is 0. The SMILES string of the molecule is Cc1ccc(CC2(N=C=O)CCCCC2)nc1. The summed E-state index contributed by atoms with van der Waals surface area (Å²) in [5.41, 5.74) is 1.95. The van der Waals surface area contributed by atoms with Crippen LogP contribution in [0.1, 0.15) is 43.4 Å². The Hall–Kier alpha value is -1.47. The molecule has 3 heteroatoms. The topological polar surface area (TPSA) is 42.3 Å². The van der Waals surface area contributed by atoms with E-state index in [0.29, 0.717) is 0 Å². The molecular formula is C14H18N2O. The van der Waals surface area contributed by atoms with E-state index in [4.69, 9.17) is 0 Å². The predicted molar refractivity (Wildman–Crippen MR) is 66.6 cm³/mol. The van der Waals surface area contributed by atoms with E-state index in [0.717, 1.165) is 43.4 Å². The number of hydrogen-bond donors (Lipinski definition) is 0. The summed E-state index contributed by atoms with van der Waals surface area (Å²) in [5, 5.41) is 0. The van der Waals surface area contributed by atoms with Crippen LogP contribution in [-0.2, 0) is 11.2 Å². The van der Waals surface area contributed by atoms with Gasteiger partial charge in [-0.05, 0) is 31.4 Å². The number of nitrogens with zero attached hydrogens (tertiary/aromatic N) is 2. The second kappa shape index (κ2) is 5.24. The van der Waals surface area contributed by atoms with Crippen LogP contribution in [0, 0.1) is 6.92 Å². The Morgan fingerprint density at radius 3 is 2.71 bits per heavy atom. The van der Waals surface area contributed by atoms with Crippen LogP contribution in [0.5, 0.6) is 0 Å². The van der Waals surface area contributed by atoms with E-state index in [1.807, 2.05) is 19.2 Å². The average Bonchev–Trinajstić information content (AvgIpc) is 2.34. The number of aryl methyl sites for hydroxylation is 1. The lowest BCUT2D eigenvalue weighted by Crippen LogP contribution is -2.32. The molecule has 0 amide bonds. The Kier molecular flexibility index (Phi) is 3.70. The number of hydrogen-bond acceptors (Lipinski definition) is 3. The summed E-state index contributed by atoms with van der Waals surface area (Å²) in [4.78, 5) is 19.1. The third-order valence-electron chi connectivity index (χ3n) is 3.55. The minimum Gasteiger partial charge on any atom is -0.261 e. The highest BCUT2D eigenvalue weighted by Gasteiger charge is 2.32. The molecule has 0 bridgehead atoms. The summed E-state index contributed by atoms with van der Waals surface area (Å²) in [6, 6.07) is 4.09. The molecule has 0 N–H and O–H groups in total. The normalized spacial score (nSPS) is 18.4. The van der Waals surface area contributed by atoms with Gasteiger partial charge in [0.1, 0.15) is 0 Å². The minimum absolute atomic E-state index is 0.234. The standard InChI is InChI=1S/C14H18N2O/c1-12-5-6-13(15-10-12)9-14(16-11-17)7-3-2-4-8-14/h5-6,10H,2-4,7-9H2,1H3. The lowest BCUT2D eigenvalue weighted by Gasteiger charge is -2.31. The number of carbonyl (C=O) groups excluding carboxylic acids is 1. The van der Waals surface area contributed by atoms with Crippen LogP contribution in [0.4, 0.5) is 0 Å². The van der Waals surface area contributed by atoms with E-state index >= 15 is 0 Å². The third kappa shape index (κ3) is 3.01. The molecule has 1 aromatic rings. The van der Waals surface area contributed by atoms with Crippen molar-refractivity contribution in [3.05, 3.63) is 29.6 Å². The highest BCUT2D eigenvalue weighted by atomic mass is 16.1. The molecular weight excluding hydrogens is 212 g/mol. The van der Waals surface area contributed by atoms with Crippen LogP contribution in [0.3, 0.4) is 0 Å². The highest BCUT2D eigenvalue weighted by Crippen LogP contribution is 2.34. The highest BCUT2D eigenvalue weighted by molar-refractivity contribution is 5.35. The van der Waals surface area contributed by atoms with Crippen LogP contribution in [0.2, 0.25) is 0 Å². The average molecular weight is 230 g/mol. The van der Waals surface area contributed by atoms with Crippen LogP contribution in [0.25, 0.3) is 0 Å². The first-order valence-electron chi connectivity index (χ1n) is 6.25. The van der Waals surface area contributed by atoms with Crippen molar-refractivity contribution < 1.29 is 4.79 Å². The van der Waals surface area contributed by atoms with Gasteiger partial charge in [-0.3, -0.25) is 4.98 Å². The van der Waals surface area contributed by atoms with Crippen molar-refractivity contribution in [2.45, 2.75) is 51.0 Å². The van der Waals surface area contributed by atoms with Gasteiger partial charge in [0.25, 0.3) is 0 Å². The quantitative estimate of drug-likeness (QED) is 0.591. The predicted octanol–water partition coefficient (Wildman–Crippen LogP) is 2.97. The summed E-state index contributed by atoms with van der Waals surface area (Å²) in [6.07, 6.45) is 9.91. The first kappa shape index (κ1) is 12.0. The molecule has 0 atom stereocenters. The fourth-order valence-corrected chi connectivity index (χ4v) is 2.57. The number of rotatable bonds is 3. The van der Waals surface area contributed by atoms with Gasteiger partial charge >= 0.3 is 0 Å². The van der Waals surface area contributed by atoms with Gasteiger partial charge in [0.05, 0.1) is 5.54 Å². The van der Waals surface area contributed by atoms with Crippen LogP contribution in [-0.4, -0.2) is 16.6 Å². The van der Waals surface area contributed by atoms with Crippen molar-refractivity contribution in [2.24, 2.45) is 4.99 Å². The zero-order chi connectivity index (χ0) is 12.1. The van der Waals surface area contributed by atoms with Crippen LogP contribution >= 0.6 is 0 Å². The number of isocyanates is 1. The van der Waals surface area contributed by atoms with Gasteiger partial charge in [-0.25, -0.2) is 4.79 Å². The molecule has 0 saturated heterocycles. The lowest BCUT2D eigenvalue weighted by atomic mass is 9.79. The maximum Gasteiger partial charge on any atom is 0.235 e. The monoisotopic (exact) mass is 230 g/mol. The lowest BCUT2D eigenvalue weighted by molar-refractivity contribution is 0.294. The molecule has 0 aliphatic heterocycles. The second-order valence-corrected chi connectivity index (χ2v) is 4.99.